The van der Waals surface area contributed by atoms with E-state index in [4.69, 9.17) is 9.84 Å². The van der Waals surface area contributed by atoms with Crippen molar-refractivity contribution in [3.05, 3.63) is 59.7 Å². The molecular formula is C19H19NO4S. The summed E-state index contributed by atoms with van der Waals surface area (Å²) in [6.45, 7) is 0.201. The summed E-state index contributed by atoms with van der Waals surface area (Å²) >= 11 is 4.06. The molecule has 1 aliphatic carbocycles. The van der Waals surface area contributed by atoms with Crippen LogP contribution in [0.15, 0.2) is 48.5 Å². The molecule has 130 valence electrons. The van der Waals surface area contributed by atoms with Gasteiger partial charge in [-0.2, -0.15) is 12.6 Å². The molecule has 6 heteroatoms. The SMILES string of the molecule is O=C(O)CC(CS)NC(=O)OCC1c2ccccc2-c2ccccc21. The molecule has 0 saturated heterocycles. The number of carboxylic acids is 1. The molecule has 1 atom stereocenters. The van der Waals surface area contributed by atoms with Gasteiger partial charge < -0.3 is 15.2 Å². The summed E-state index contributed by atoms with van der Waals surface area (Å²) in [5, 5.41) is 11.4. The number of hydrogen-bond acceptors (Lipinski definition) is 4. The Morgan fingerprint density at radius 1 is 1.08 bits per heavy atom. The highest BCUT2D eigenvalue weighted by atomic mass is 32.1. The molecule has 0 saturated carbocycles. The van der Waals surface area contributed by atoms with E-state index in [0.29, 0.717) is 0 Å². The average Bonchev–Trinajstić information content (AvgIpc) is 2.93. The Balaban J connectivity index is 1.69. The summed E-state index contributed by atoms with van der Waals surface area (Å²) in [5.41, 5.74) is 4.58. The molecule has 2 aromatic carbocycles. The molecule has 0 aromatic heterocycles. The molecule has 25 heavy (non-hydrogen) atoms. The molecule has 0 spiro atoms. The van der Waals surface area contributed by atoms with Gasteiger partial charge in [0.15, 0.2) is 0 Å². The van der Waals surface area contributed by atoms with Crippen molar-refractivity contribution in [3.63, 3.8) is 0 Å². The molecule has 1 aliphatic rings. The maximum absolute atomic E-state index is 12.0. The summed E-state index contributed by atoms with van der Waals surface area (Å²) in [5.74, 6) is -0.777. The molecule has 5 nitrogen and oxygen atoms in total. The highest BCUT2D eigenvalue weighted by Gasteiger charge is 2.29. The molecule has 2 aromatic rings. The first-order valence-electron chi connectivity index (χ1n) is 8.04. The predicted octanol–water partition coefficient (Wildman–Crippen LogP) is 3.30. The van der Waals surface area contributed by atoms with Crippen molar-refractivity contribution in [1.82, 2.24) is 5.32 Å². The van der Waals surface area contributed by atoms with Gasteiger partial charge in [0, 0.05) is 11.7 Å². The number of thiol groups is 1. The summed E-state index contributed by atoms with van der Waals surface area (Å²) in [7, 11) is 0. The smallest absolute Gasteiger partial charge is 0.407 e. The van der Waals surface area contributed by atoms with Crippen LogP contribution in [0.2, 0.25) is 0 Å². The minimum absolute atomic E-state index is 0.0212. The van der Waals surface area contributed by atoms with E-state index in [1.54, 1.807) is 0 Å². The van der Waals surface area contributed by atoms with Gasteiger partial charge in [-0.3, -0.25) is 4.79 Å². The van der Waals surface area contributed by atoms with Gasteiger partial charge in [-0.1, -0.05) is 48.5 Å². The molecule has 1 amide bonds. The van der Waals surface area contributed by atoms with Crippen molar-refractivity contribution in [2.45, 2.75) is 18.4 Å². The van der Waals surface area contributed by atoms with Crippen LogP contribution in [0.25, 0.3) is 11.1 Å². The van der Waals surface area contributed by atoms with Crippen LogP contribution in [0.5, 0.6) is 0 Å². The number of carbonyl (C=O) groups excluding carboxylic acids is 1. The average molecular weight is 357 g/mol. The van der Waals surface area contributed by atoms with Gasteiger partial charge in [0.2, 0.25) is 0 Å². The van der Waals surface area contributed by atoms with Crippen molar-refractivity contribution in [2.24, 2.45) is 0 Å². The van der Waals surface area contributed by atoms with Crippen molar-refractivity contribution in [2.75, 3.05) is 12.4 Å². The summed E-state index contributed by atoms with van der Waals surface area (Å²) in [6.07, 6.45) is -0.810. The number of carbonyl (C=O) groups is 2. The fourth-order valence-electron chi connectivity index (χ4n) is 3.18. The summed E-state index contributed by atoms with van der Waals surface area (Å²) in [6, 6.07) is 15.6. The zero-order chi connectivity index (χ0) is 17.8. The third-order valence-corrected chi connectivity index (χ3v) is 4.75. The van der Waals surface area contributed by atoms with Crippen molar-refractivity contribution < 1.29 is 19.4 Å². The lowest BCUT2D eigenvalue weighted by molar-refractivity contribution is -0.137. The van der Waals surface area contributed by atoms with Gasteiger partial charge in [-0.15, -0.1) is 0 Å². The number of amides is 1. The molecule has 0 bridgehead atoms. The zero-order valence-electron chi connectivity index (χ0n) is 13.5. The van der Waals surface area contributed by atoms with Crippen LogP contribution in [0.3, 0.4) is 0 Å². The third kappa shape index (κ3) is 3.79. The fourth-order valence-corrected chi connectivity index (χ4v) is 3.40. The summed E-state index contributed by atoms with van der Waals surface area (Å²) < 4.78 is 5.38. The number of ether oxygens (including phenoxy) is 1. The van der Waals surface area contributed by atoms with Gasteiger partial charge in [0.25, 0.3) is 0 Å². The van der Waals surface area contributed by atoms with Crippen LogP contribution < -0.4 is 5.32 Å². The molecule has 0 aliphatic heterocycles. The van der Waals surface area contributed by atoms with Crippen LogP contribution in [-0.4, -0.2) is 35.6 Å². The number of aliphatic carboxylic acids is 1. The fraction of sp³-hybridized carbons (Fsp3) is 0.263. The Morgan fingerprint density at radius 3 is 2.16 bits per heavy atom. The lowest BCUT2D eigenvalue weighted by Gasteiger charge is -2.17. The van der Waals surface area contributed by atoms with E-state index in [9.17, 15) is 9.59 Å². The number of hydrogen-bond donors (Lipinski definition) is 3. The van der Waals surface area contributed by atoms with Crippen LogP contribution in [-0.2, 0) is 9.53 Å². The Morgan fingerprint density at radius 2 is 1.64 bits per heavy atom. The van der Waals surface area contributed by atoms with Gasteiger partial charge in [-0.25, -0.2) is 4.79 Å². The number of nitrogens with one attached hydrogen (secondary N) is 1. The Bertz CT molecular complexity index is 747. The number of benzene rings is 2. The molecule has 1 unspecified atom stereocenters. The van der Waals surface area contributed by atoms with Crippen molar-refractivity contribution in [3.8, 4) is 11.1 Å². The van der Waals surface area contributed by atoms with Crippen LogP contribution >= 0.6 is 12.6 Å². The topological polar surface area (TPSA) is 75.6 Å². The number of fused-ring (bicyclic) bond motifs is 3. The zero-order valence-corrected chi connectivity index (χ0v) is 14.4. The predicted molar refractivity (Wildman–Crippen MR) is 98.1 cm³/mol. The van der Waals surface area contributed by atoms with Crippen LogP contribution in [0.4, 0.5) is 4.79 Å². The van der Waals surface area contributed by atoms with Gasteiger partial charge >= 0.3 is 12.1 Å². The van der Waals surface area contributed by atoms with Crippen LogP contribution in [0.1, 0.15) is 23.5 Å². The number of alkyl carbamates (subject to hydrolysis) is 1. The van der Waals surface area contributed by atoms with E-state index in [2.05, 4.69) is 30.1 Å². The van der Waals surface area contributed by atoms with E-state index in [1.165, 1.54) is 0 Å². The second kappa shape index (κ2) is 7.61. The van der Waals surface area contributed by atoms with Gasteiger partial charge in [0.1, 0.15) is 6.61 Å². The first-order chi connectivity index (χ1) is 12.1. The first-order valence-corrected chi connectivity index (χ1v) is 8.67. The van der Waals surface area contributed by atoms with E-state index in [-0.39, 0.29) is 24.7 Å². The van der Waals surface area contributed by atoms with Crippen molar-refractivity contribution >= 4 is 24.7 Å². The Kier molecular flexibility index (Phi) is 5.28. The highest BCUT2D eigenvalue weighted by molar-refractivity contribution is 7.80. The highest BCUT2D eigenvalue weighted by Crippen LogP contribution is 2.44. The largest absolute Gasteiger partial charge is 0.481 e. The number of carboxylic acid groups (broad SMARTS) is 1. The standard InChI is InChI=1S/C19H19NO4S/c21-18(22)9-12(11-25)20-19(23)24-10-17-15-7-3-1-5-13(15)14-6-2-4-8-16(14)17/h1-8,12,17,25H,9-11H2,(H,20,23)(H,21,22). The quantitative estimate of drug-likeness (QED) is 0.694. The summed E-state index contributed by atoms with van der Waals surface area (Å²) in [4.78, 5) is 22.8. The minimum Gasteiger partial charge on any atom is -0.481 e. The van der Waals surface area contributed by atoms with E-state index in [0.717, 1.165) is 22.3 Å². The molecule has 3 rings (SSSR count). The van der Waals surface area contributed by atoms with Gasteiger partial charge in [0.05, 0.1) is 12.5 Å². The third-order valence-electron chi connectivity index (χ3n) is 4.31. The lowest BCUT2D eigenvalue weighted by atomic mass is 9.98. The monoisotopic (exact) mass is 357 g/mol. The lowest BCUT2D eigenvalue weighted by Crippen LogP contribution is -2.38. The van der Waals surface area contributed by atoms with E-state index >= 15 is 0 Å². The van der Waals surface area contributed by atoms with Crippen molar-refractivity contribution in [1.29, 1.82) is 0 Å². The second-order valence-corrected chi connectivity index (χ2v) is 6.31. The van der Waals surface area contributed by atoms with Crippen LogP contribution in [0, 0.1) is 0 Å². The van der Waals surface area contributed by atoms with Gasteiger partial charge in [-0.05, 0) is 22.3 Å². The Hall–Kier alpha value is -2.47. The maximum Gasteiger partial charge on any atom is 0.407 e. The normalized spacial score (nSPS) is 13.6. The van der Waals surface area contributed by atoms with E-state index in [1.807, 2.05) is 36.4 Å². The minimum atomic E-state index is -0.988. The number of rotatable bonds is 6. The first kappa shape index (κ1) is 17.4. The molecule has 2 N–H and O–H groups in total. The molecule has 0 heterocycles. The molecular weight excluding hydrogens is 338 g/mol. The molecule has 0 fully saturated rings. The molecule has 0 radical (unpaired) electrons. The maximum atomic E-state index is 12.0. The van der Waals surface area contributed by atoms with E-state index < -0.39 is 18.1 Å². The Labute approximate surface area is 151 Å². The second-order valence-electron chi connectivity index (χ2n) is 5.95.